The third-order valence-corrected chi connectivity index (χ3v) is 3.86. The first kappa shape index (κ1) is 16.9. The van der Waals surface area contributed by atoms with E-state index in [9.17, 15) is 9.59 Å². The summed E-state index contributed by atoms with van der Waals surface area (Å²) >= 11 is 0. The molecule has 0 bridgehead atoms. The Hall–Kier alpha value is -2.50. The van der Waals surface area contributed by atoms with Crippen molar-refractivity contribution in [3.63, 3.8) is 0 Å². The van der Waals surface area contributed by atoms with E-state index in [-0.39, 0.29) is 23.4 Å². The van der Waals surface area contributed by atoms with Crippen molar-refractivity contribution in [3.8, 4) is 11.4 Å². The fourth-order valence-corrected chi connectivity index (χ4v) is 2.40. The summed E-state index contributed by atoms with van der Waals surface area (Å²) in [6, 6.07) is 4.68. The third kappa shape index (κ3) is 4.25. The second-order valence-electron chi connectivity index (χ2n) is 5.50. The molecule has 2 aromatic rings. The van der Waals surface area contributed by atoms with Gasteiger partial charge in [-0.3, -0.25) is 14.6 Å². The summed E-state index contributed by atoms with van der Waals surface area (Å²) in [5.74, 6) is 0.425. The second kappa shape index (κ2) is 7.67. The number of hydrogen-bond donors (Lipinski definition) is 2. The normalized spacial score (nSPS) is 12.2. The molecular formula is C17H22N4O2. The highest BCUT2D eigenvalue weighted by Gasteiger charge is 2.18. The number of nitrogens with zero attached hydrogens (tertiary/aromatic N) is 2. The van der Waals surface area contributed by atoms with Crippen LogP contribution in [0.4, 0.5) is 0 Å². The lowest BCUT2D eigenvalue weighted by Gasteiger charge is -2.18. The molecule has 0 aliphatic heterocycles. The lowest BCUT2D eigenvalue weighted by atomic mass is 10.0. The predicted molar refractivity (Wildman–Crippen MR) is 88.7 cm³/mol. The van der Waals surface area contributed by atoms with Crippen LogP contribution in [0.25, 0.3) is 11.4 Å². The summed E-state index contributed by atoms with van der Waals surface area (Å²) in [6.07, 6.45) is 4.87. The van der Waals surface area contributed by atoms with Crippen molar-refractivity contribution in [1.82, 2.24) is 20.3 Å². The van der Waals surface area contributed by atoms with Gasteiger partial charge in [0.15, 0.2) is 0 Å². The fourth-order valence-electron chi connectivity index (χ4n) is 2.40. The minimum Gasteiger partial charge on any atom is -0.348 e. The molecule has 0 saturated carbocycles. The van der Waals surface area contributed by atoms with Crippen molar-refractivity contribution in [2.75, 3.05) is 0 Å². The first-order chi connectivity index (χ1) is 11.0. The number of carbonyl (C=O) groups is 1. The average molecular weight is 314 g/mol. The minimum absolute atomic E-state index is 0.00694. The molecule has 23 heavy (non-hydrogen) atoms. The Kier molecular flexibility index (Phi) is 5.62. The molecule has 1 atom stereocenters. The van der Waals surface area contributed by atoms with Gasteiger partial charge in [-0.15, -0.1) is 0 Å². The third-order valence-electron chi connectivity index (χ3n) is 3.86. The highest BCUT2D eigenvalue weighted by molar-refractivity contribution is 5.78. The van der Waals surface area contributed by atoms with Crippen molar-refractivity contribution >= 4 is 5.91 Å². The smallest absolute Gasteiger partial charge is 0.251 e. The van der Waals surface area contributed by atoms with Crippen molar-refractivity contribution < 1.29 is 4.79 Å². The van der Waals surface area contributed by atoms with Crippen molar-refractivity contribution in [3.05, 3.63) is 46.6 Å². The van der Waals surface area contributed by atoms with E-state index in [0.717, 1.165) is 18.4 Å². The second-order valence-corrected chi connectivity index (χ2v) is 5.50. The molecule has 6 nitrogen and oxygen atoms in total. The molecule has 2 aromatic heterocycles. The van der Waals surface area contributed by atoms with Crippen LogP contribution in [-0.2, 0) is 4.79 Å². The van der Waals surface area contributed by atoms with Crippen molar-refractivity contribution in [2.24, 2.45) is 5.92 Å². The van der Waals surface area contributed by atoms with Gasteiger partial charge in [0, 0.05) is 29.9 Å². The average Bonchev–Trinajstić information content (AvgIpc) is 2.56. The van der Waals surface area contributed by atoms with E-state index < -0.39 is 0 Å². The molecule has 6 heteroatoms. The molecular weight excluding hydrogens is 292 g/mol. The van der Waals surface area contributed by atoms with Gasteiger partial charge in [-0.1, -0.05) is 13.8 Å². The van der Waals surface area contributed by atoms with Gasteiger partial charge in [-0.25, -0.2) is 4.98 Å². The van der Waals surface area contributed by atoms with E-state index in [1.54, 1.807) is 18.5 Å². The number of aromatic nitrogens is 3. The zero-order chi connectivity index (χ0) is 16.8. The molecule has 0 aliphatic carbocycles. The van der Waals surface area contributed by atoms with Gasteiger partial charge in [-0.05, 0) is 31.9 Å². The van der Waals surface area contributed by atoms with Crippen LogP contribution in [0.5, 0.6) is 0 Å². The predicted octanol–water partition coefficient (Wildman–Crippen LogP) is 2.45. The van der Waals surface area contributed by atoms with Gasteiger partial charge in [-0.2, -0.15) is 0 Å². The summed E-state index contributed by atoms with van der Waals surface area (Å²) in [5.41, 5.74) is 1.01. The lowest BCUT2D eigenvalue weighted by Crippen LogP contribution is -2.33. The number of carbonyl (C=O) groups excluding carboxylic acids is 1. The number of aromatic amines is 1. The topological polar surface area (TPSA) is 87.7 Å². The number of amides is 1. The van der Waals surface area contributed by atoms with Crippen LogP contribution in [0.1, 0.15) is 45.3 Å². The Labute approximate surface area is 135 Å². The standard InChI is InChI=1S/C17H22N4O2/c1-4-12(5-2)17(23)19-11(3)14-9-15(22)21-16(20-14)13-7-6-8-18-10-13/h6-12H,4-5H2,1-3H3,(H,19,23)(H,20,21,22)/t11-/m1/s1. The van der Waals surface area contributed by atoms with E-state index >= 15 is 0 Å². The minimum atomic E-state index is -0.333. The number of nitrogens with one attached hydrogen (secondary N) is 2. The van der Waals surface area contributed by atoms with Gasteiger partial charge in [0.1, 0.15) is 5.82 Å². The van der Waals surface area contributed by atoms with E-state index in [1.807, 2.05) is 26.8 Å². The quantitative estimate of drug-likeness (QED) is 0.857. The molecule has 1 amide bonds. The molecule has 0 unspecified atom stereocenters. The monoisotopic (exact) mass is 314 g/mol. The SMILES string of the molecule is CCC(CC)C(=O)N[C@H](C)c1cc(=O)[nH]c(-c2cccnc2)n1. The van der Waals surface area contributed by atoms with Crippen molar-refractivity contribution in [2.45, 2.75) is 39.7 Å². The fraction of sp³-hybridized carbons (Fsp3) is 0.412. The van der Waals surface area contributed by atoms with Gasteiger partial charge in [0.25, 0.3) is 5.56 Å². The molecule has 0 saturated heterocycles. The highest BCUT2D eigenvalue weighted by atomic mass is 16.2. The van der Waals surface area contributed by atoms with Crippen LogP contribution in [0.15, 0.2) is 35.4 Å². The molecule has 0 aromatic carbocycles. The number of pyridine rings is 1. The van der Waals surface area contributed by atoms with Crippen LogP contribution in [0.2, 0.25) is 0 Å². The van der Waals surface area contributed by atoms with Crippen LogP contribution in [0.3, 0.4) is 0 Å². The van der Waals surface area contributed by atoms with Crippen LogP contribution in [0, 0.1) is 5.92 Å². The summed E-state index contributed by atoms with van der Waals surface area (Å²) in [4.78, 5) is 35.3. The largest absolute Gasteiger partial charge is 0.348 e. The van der Waals surface area contributed by atoms with Gasteiger partial charge < -0.3 is 10.3 Å². The highest BCUT2D eigenvalue weighted by Crippen LogP contribution is 2.16. The van der Waals surface area contributed by atoms with Gasteiger partial charge in [0.05, 0.1) is 11.7 Å². The Bertz CT molecular complexity index is 708. The maximum atomic E-state index is 12.2. The van der Waals surface area contributed by atoms with Crippen LogP contribution in [-0.4, -0.2) is 20.9 Å². The first-order valence-electron chi connectivity index (χ1n) is 7.87. The van der Waals surface area contributed by atoms with E-state index in [0.29, 0.717) is 11.5 Å². The zero-order valence-corrected chi connectivity index (χ0v) is 13.7. The van der Waals surface area contributed by atoms with Gasteiger partial charge in [0.2, 0.25) is 5.91 Å². The number of rotatable bonds is 6. The lowest BCUT2D eigenvalue weighted by molar-refractivity contribution is -0.125. The van der Waals surface area contributed by atoms with E-state index in [4.69, 9.17) is 0 Å². The van der Waals surface area contributed by atoms with Crippen LogP contribution < -0.4 is 10.9 Å². The van der Waals surface area contributed by atoms with E-state index in [2.05, 4.69) is 20.3 Å². The molecule has 0 aliphatic rings. The van der Waals surface area contributed by atoms with Crippen LogP contribution >= 0.6 is 0 Å². The molecule has 2 N–H and O–H groups in total. The summed E-state index contributed by atoms with van der Waals surface area (Å²) < 4.78 is 0. The maximum absolute atomic E-state index is 12.2. The summed E-state index contributed by atoms with van der Waals surface area (Å²) in [6.45, 7) is 5.81. The number of hydrogen-bond acceptors (Lipinski definition) is 4. The Morgan fingerprint density at radius 2 is 2.09 bits per heavy atom. The summed E-state index contributed by atoms with van der Waals surface area (Å²) in [5, 5.41) is 2.93. The number of H-pyrrole nitrogens is 1. The molecule has 2 heterocycles. The Morgan fingerprint density at radius 3 is 2.70 bits per heavy atom. The molecule has 0 fully saturated rings. The van der Waals surface area contributed by atoms with Gasteiger partial charge >= 0.3 is 0 Å². The molecule has 2 rings (SSSR count). The molecule has 122 valence electrons. The summed E-state index contributed by atoms with van der Waals surface area (Å²) in [7, 11) is 0. The molecule has 0 radical (unpaired) electrons. The Balaban J connectivity index is 2.24. The van der Waals surface area contributed by atoms with Crippen molar-refractivity contribution in [1.29, 1.82) is 0 Å². The first-order valence-corrected chi connectivity index (χ1v) is 7.87. The van der Waals surface area contributed by atoms with E-state index in [1.165, 1.54) is 6.07 Å². The maximum Gasteiger partial charge on any atom is 0.251 e. The molecule has 0 spiro atoms. The zero-order valence-electron chi connectivity index (χ0n) is 13.7. The Morgan fingerprint density at radius 1 is 1.35 bits per heavy atom.